The van der Waals surface area contributed by atoms with E-state index in [9.17, 15) is 0 Å². The van der Waals surface area contributed by atoms with Crippen LogP contribution in [0.3, 0.4) is 0 Å². The molecular weight excluding hydrogens is 166 g/mol. The van der Waals surface area contributed by atoms with Crippen molar-refractivity contribution in [2.24, 2.45) is 5.73 Å². The molecule has 0 bridgehead atoms. The lowest BCUT2D eigenvalue weighted by Gasteiger charge is -2.32. The minimum Gasteiger partial charge on any atom is -0.284 e. The second kappa shape index (κ2) is 4.52. The van der Waals surface area contributed by atoms with Crippen molar-refractivity contribution in [3.8, 4) is 0 Å². The molecule has 0 aromatic rings. The van der Waals surface area contributed by atoms with Crippen molar-refractivity contribution in [1.82, 2.24) is 0 Å². The molecule has 0 aliphatic heterocycles. The summed E-state index contributed by atoms with van der Waals surface area (Å²) in [5.74, 6) is 2.57. The molecule has 1 fully saturated rings. The number of rotatable bonds is 3. The van der Waals surface area contributed by atoms with Crippen molar-refractivity contribution in [2.45, 2.75) is 50.8 Å². The summed E-state index contributed by atoms with van der Waals surface area (Å²) in [6.07, 6.45) is 6.68. The van der Waals surface area contributed by atoms with E-state index in [-0.39, 0.29) is 4.87 Å². The molecule has 0 saturated heterocycles. The highest BCUT2D eigenvalue weighted by Gasteiger charge is 2.42. The van der Waals surface area contributed by atoms with Crippen LogP contribution in [0.2, 0.25) is 0 Å². The predicted molar refractivity (Wildman–Crippen MR) is 58.5 cm³/mol. The van der Waals surface area contributed by atoms with E-state index in [1.54, 1.807) is 0 Å². The lowest BCUT2D eigenvalue weighted by molar-refractivity contribution is 0.402. The molecule has 1 saturated carbocycles. The average Bonchev–Trinajstić information content (AvgIpc) is 2.07. The highest BCUT2D eigenvalue weighted by Crippen LogP contribution is 2.32. The third-order valence-corrected chi connectivity index (χ3v) is 5.92. The molecular formula is C10H22NS+. The SMILES string of the molecule is CC[S+](CC)C1(N)CCCCC1. The van der Waals surface area contributed by atoms with Crippen LogP contribution >= 0.6 is 0 Å². The first kappa shape index (κ1) is 10.4. The van der Waals surface area contributed by atoms with Crippen LogP contribution in [0.4, 0.5) is 0 Å². The van der Waals surface area contributed by atoms with Gasteiger partial charge in [0.2, 0.25) is 0 Å². The maximum atomic E-state index is 6.44. The van der Waals surface area contributed by atoms with Crippen LogP contribution in [-0.4, -0.2) is 16.4 Å². The fraction of sp³-hybridized carbons (Fsp3) is 1.00. The van der Waals surface area contributed by atoms with Crippen LogP contribution in [0.1, 0.15) is 46.0 Å². The van der Waals surface area contributed by atoms with E-state index < -0.39 is 0 Å². The summed E-state index contributed by atoms with van der Waals surface area (Å²) >= 11 is 0. The summed E-state index contributed by atoms with van der Waals surface area (Å²) in [6, 6.07) is 0. The fourth-order valence-corrected chi connectivity index (χ4v) is 4.64. The van der Waals surface area contributed by atoms with Gasteiger partial charge in [-0.05, 0) is 26.7 Å². The van der Waals surface area contributed by atoms with Gasteiger partial charge in [-0.1, -0.05) is 6.42 Å². The van der Waals surface area contributed by atoms with Gasteiger partial charge in [0.25, 0.3) is 0 Å². The highest BCUT2D eigenvalue weighted by atomic mass is 32.2. The van der Waals surface area contributed by atoms with Crippen molar-refractivity contribution in [3.63, 3.8) is 0 Å². The Morgan fingerprint density at radius 1 is 1.08 bits per heavy atom. The molecule has 12 heavy (non-hydrogen) atoms. The molecule has 1 aliphatic rings. The van der Waals surface area contributed by atoms with Gasteiger partial charge in [-0.15, -0.1) is 0 Å². The number of hydrogen-bond acceptors (Lipinski definition) is 1. The number of hydrogen-bond donors (Lipinski definition) is 1. The van der Waals surface area contributed by atoms with E-state index in [4.69, 9.17) is 5.73 Å². The topological polar surface area (TPSA) is 26.0 Å². The Balaban J connectivity index is 2.53. The standard InChI is InChI=1S/C10H22NS/c1-3-12(4-2)10(11)8-6-5-7-9-10/h3-9,11H2,1-2H3/q+1. The van der Waals surface area contributed by atoms with Crippen LogP contribution < -0.4 is 5.73 Å². The summed E-state index contributed by atoms with van der Waals surface area (Å²) in [5.41, 5.74) is 6.44. The molecule has 1 aliphatic carbocycles. The van der Waals surface area contributed by atoms with Gasteiger partial charge in [0.15, 0.2) is 4.87 Å². The van der Waals surface area contributed by atoms with Crippen molar-refractivity contribution >= 4 is 10.9 Å². The largest absolute Gasteiger partial charge is 0.284 e. The van der Waals surface area contributed by atoms with Crippen LogP contribution in [0, 0.1) is 0 Å². The molecule has 1 rings (SSSR count). The zero-order chi connectivity index (χ0) is 9.03. The van der Waals surface area contributed by atoms with Gasteiger partial charge in [0.05, 0.1) is 0 Å². The Hall–Kier alpha value is 0.310. The molecule has 2 N–H and O–H groups in total. The van der Waals surface area contributed by atoms with Gasteiger partial charge >= 0.3 is 0 Å². The van der Waals surface area contributed by atoms with Crippen LogP contribution in [0.5, 0.6) is 0 Å². The van der Waals surface area contributed by atoms with E-state index in [1.807, 2.05) is 0 Å². The minimum atomic E-state index is 0.224. The van der Waals surface area contributed by atoms with Gasteiger partial charge in [0.1, 0.15) is 11.5 Å². The summed E-state index contributed by atoms with van der Waals surface area (Å²) in [5, 5.41) is 0. The molecule has 0 aromatic carbocycles. The van der Waals surface area contributed by atoms with Crippen molar-refractivity contribution in [1.29, 1.82) is 0 Å². The van der Waals surface area contributed by atoms with Crippen molar-refractivity contribution < 1.29 is 0 Å². The average molecular weight is 188 g/mol. The van der Waals surface area contributed by atoms with Crippen LogP contribution in [0.25, 0.3) is 0 Å². The molecule has 0 heterocycles. The molecule has 0 unspecified atom stereocenters. The van der Waals surface area contributed by atoms with Crippen molar-refractivity contribution in [3.05, 3.63) is 0 Å². The normalized spacial score (nSPS) is 23.0. The minimum absolute atomic E-state index is 0.224. The lowest BCUT2D eigenvalue weighted by Crippen LogP contribution is -2.50. The first-order valence-corrected chi connectivity index (χ1v) is 6.75. The van der Waals surface area contributed by atoms with E-state index in [2.05, 4.69) is 13.8 Å². The maximum Gasteiger partial charge on any atom is 0.177 e. The molecule has 0 amide bonds. The molecule has 0 spiro atoms. The zero-order valence-corrected chi connectivity index (χ0v) is 9.25. The van der Waals surface area contributed by atoms with Crippen LogP contribution in [0.15, 0.2) is 0 Å². The Morgan fingerprint density at radius 3 is 2.00 bits per heavy atom. The predicted octanol–water partition coefficient (Wildman–Crippen LogP) is 2.26. The second-order valence-electron chi connectivity index (χ2n) is 3.70. The van der Waals surface area contributed by atoms with Gasteiger partial charge in [0, 0.05) is 23.7 Å². The molecule has 0 radical (unpaired) electrons. The second-order valence-corrected chi connectivity index (χ2v) is 6.65. The summed E-state index contributed by atoms with van der Waals surface area (Å²) in [4.78, 5) is 0.224. The first-order valence-electron chi connectivity index (χ1n) is 5.19. The third kappa shape index (κ3) is 2.17. The van der Waals surface area contributed by atoms with Crippen LogP contribution in [-0.2, 0) is 10.9 Å². The summed E-state index contributed by atoms with van der Waals surface area (Å²) in [7, 11) is 0.487. The van der Waals surface area contributed by atoms with E-state index in [0.717, 1.165) is 0 Å². The Kier molecular flexibility index (Phi) is 3.91. The third-order valence-electron chi connectivity index (χ3n) is 2.97. The summed E-state index contributed by atoms with van der Waals surface area (Å²) < 4.78 is 0. The van der Waals surface area contributed by atoms with Gasteiger partial charge in [-0.2, -0.15) is 0 Å². The Bertz CT molecular complexity index is 126. The van der Waals surface area contributed by atoms with E-state index in [0.29, 0.717) is 10.9 Å². The summed E-state index contributed by atoms with van der Waals surface area (Å²) in [6.45, 7) is 4.58. The maximum absolute atomic E-state index is 6.44. The fourth-order valence-electron chi connectivity index (χ4n) is 2.22. The molecule has 72 valence electrons. The molecule has 2 heteroatoms. The smallest absolute Gasteiger partial charge is 0.177 e. The molecule has 0 atom stereocenters. The first-order chi connectivity index (χ1) is 5.73. The monoisotopic (exact) mass is 188 g/mol. The quantitative estimate of drug-likeness (QED) is 0.676. The molecule has 1 nitrogen and oxygen atoms in total. The van der Waals surface area contributed by atoms with Gasteiger partial charge in [-0.25, -0.2) is 0 Å². The zero-order valence-electron chi connectivity index (χ0n) is 8.44. The molecule has 0 aromatic heterocycles. The Morgan fingerprint density at radius 2 is 1.58 bits per heavy atom. The number of nitrogens with two attached hydrogens (primary N) is 1. The van der Waals surface area contributed by atoms with E-state index >= 15 is 0 Å². The van der Waals surface area contributed by atoms with Gasteiger partial charge in [-0.3, -0.25) is 5.73 Å². The van der Waals surface area contributed by atoms with Gasteiger partial charge < -0.3 is 0 Å². The lowest BCUT2D eigenvalue weighted by atomic mass is 9.96. The Labute approximate surface area is 79.4 Å². The van der Waals surface area contributed by atoms with E-state index in [1.165, 1.54) is 43.6 Å². The van der Waals surface area contributed by atoms with Crippen molar-refractivity contribution in [2.75, 3.05) is 11.5 Å². The highest BCUT2D eigenvalue weighted by molar-refractivity contribution is 7.98.